The summed E-state index contributed by atoms with van der Waals surface area (Å²) in [5, 5.41) is 0. The summed E-state index contributed by atoms with van der Waals surface area (Å²) < 4.78 is 11.8. The Morgan fingerprint density at radius 1 is 0.829 bits per heavy atom. The van der Waals surface area contributed by atoms with Crippen molar-refractivity contribution < 1.29 is 14.3 Å². The van der Waals surface area contributed by atoms with Crippen molar-refractivity contribution in [3.8, 4) is 11.5 Å². The van der Waals surface area contributed by atoms with Gasteiger partial charge in [0.15, 0.2) is 0 Å². The molecule has 0 bridgehead atoms. The van der Waals surface area contributed by atoms with Crippen LogP contribution in [-0.4, -0.2) is 61.6 Å². The molecule has 3 aromatic carbocycles. The van der Waals surface area contributed by atoms with Crippen molar-refractivity contribution in [1.82, 2.24) is 9.80 Å². The molecule has 180 valence electrons. The summed E-state index contributed by atoms with van der Waals surface area (Å²) in [6.07, 6.45) is 5.28. The maximum absolute atomic E-state index is 13.1. The second kappa shape index (κ2) is 11.3. The molecule has 35 heavy (non-hydrogen) atoms. The number of esters is 1. The second-order valence-corrected chi connectivity index (χ2v) is 9.09. The molecule has 0 aliphatic carbocycles. The smallest absolute Gasteiger partial charge is 0.318 e. The Balaban J connectivity index is 1.06. The van der Waals surface area contributed by atoms with Crippen LogP contribution in [-0.2, 0) is 9.53 Å². The van der Waals surface area contributed by atoms with Gasteiger partial charge in [-0.2, -0.15) is 0 Å². The summed E-state index contributed by atoms with van der Waals surface area (Å²) in [6, 6.07) is 25.9. The number of carbonyl (C=O) groups excluding carboxylic acids is 1. The first kappa shape index (κ1) is 23.3. The van der Waals surface area contributed by atoms with Crippen molar-refractivity contribution in [3.63, 3.8) is 0 Å². The van der Waals surface area contributed by atoms with Gasteiger partial charge in [0.05, 0.1) is 6.61 Å². The Morgan fingerprint density at radius 3 is 2.11 bits per heavy atom. The summed E-state index contributed by atoms with van der Waals surface area (Å²) in [5.74, 6) is 0.807. The van der Waals surface area contributed by atoms with E-state index in [0.717, 1.165) is 68.3 Å². The van der Waals surface area contributed by atoms with Crippen molar-refractivity contribution in [2.24, 2.45) is 0 Å². The van der Waals surface area contributed by atoms with E-state index < -0.39 is 5.92 Å². The van der Waals surface area contributed by atoms with Crippen LogP contribution in [0.3, 0.4) is 0 Å². The lowest BCUT2D eigenvalue weighted by Crippen LogP contribution is -2.46. The summed E-state index contributed by atoms with van der Waals surface area (Å²) in [6.45, 7) is 6.58. The first-order valence-electron chi connectivity index (χ1n) is 12.5. The van der Waals surface area contributed by atoms with Gasteiger partial charge in [-0.3, -0.25) is 9.69 Å². The molecule has 2 heterocycles. The molecular formula is C30H32N2O3. The zero-order valence-electron chi connectivity index (χ0n) is 20.0. The zero-order valence-corrected chi connectivity index (χ0v) is 20.0. The molecule has 1 fully saturated rings. The zero-order chi connectivity index (χ0) is 23.9. The highest BCUT2D eigenvalue weighted by Crippen LogP contribution is 2.44. The quantitative estimate of drug-likeness (QED) is 0.336. The van der Waals surface area contributed by atoms with E-state index in [2.05, 4.69) is 46.2 Å². The van der Waals surface area contributed by atoms with Crippen LogP contribution in [0.25, 0.3) is 6.08 Å². The lowest BCUT2D eigenvalue weighted by Gasteiger charge is -2.34. The number of benzene rings is 3. The third kappa shape index (κ3) is 5.81. The van der Waals surface area contributed by atoms with Crippen LogP contribution in [0.4, 0.5) is 0 Å². The van der Waals surface area contributed by atoms with Gasteiger partial charge >= 0.3 is 5.97 Å². The van der Waals surface area contributed by atoms with E-state index in [4.69, 9.17) is 9.47 Å². The normalized spacial score (nSPS) is 16.5. The fourth-order valence-electron chi connectivity index (χ4n) is 4.81. The lowest BCUT2D eigenvalue weighted by molar-refractivity contribution is -0.144. The van der Waals surface area contributed by atoms with Crippen molar-refractivity contribution in [2.75, 3.05) is 45.9 Å². The lowest BCUT2D eigenvalue weighted by atomic mass is 9.88. The third-order valence-corrected chi connectivity index (χ3v) is 6.72. The van der Waals surface area contributed by atoms with Crippen molar-refractivity contribution in [3.05, 3.63) is 102 Å². The van der Waals surface area contributed by atoms with Gasteiger partial charge in [-0.1, -0.05) is 78.9 Å². The molecule has 0 unspecified atom stereocenters. The van der Waals surface area contributed by atoms with Crippen LogP contribution in [0.5, 0.6) is 11.5 Å². The standard InChI is InChI=1S/C30H32N2O3/c33-30(29-25-13-4-6-15-27(25)35-28-16-7-5-14-26(28)29)34-23-9-18-32-21-19-31(20-22-32)17-8-12-24-10-2-1-3-11-24/h1-8,10-16,29H,9,17-23H2. The Morgan fingerprint density at radius 2 is 1.43 bits per heavy atom. The van der Waals surface area contributed by atoms with Crippen LogP contribution >= 0.6 is 0 Å². The highest BCUT2D eigenvalue weighted by molar-refractivity contribution is 5.85. The van der Waals surface area contributed by atoms with Gasteiger partial charge in [0.1, 0.15) is 17.4 Å². The van der Waals surface area contributed by atoms with Crippen LogP contribution < -0.4 is 4.74 Å². The molecule has 1 saturated heterocycles. The van der Waals surface area contributed by atoms with Gasteiger partial charge in [-0.05, 0) is 24.1 Å². The first-order chi connectivity index (χ1) is 17.3. The topological polar surface area (TPSA) is 42.0 Å². The molecule has 5 heteroatoms. The van der Waals surface area contributed by atoms with E-state index in [9.17, 15) is 4.79 Å². The average molecular weight is 469 g/mol. The first-order valence-corrected chi connectivity index (χ1v) is 12.5. The molecule has 0 radical (unpaired) electrons. The molecule has 3 aromatic rings. The van der Waals surface area contributed by atoms with E-state index in [1.165, 1.54) is 5.56 Å². The Labute approximate surface area is 207 Å². The number of fused-ring (bicyclic) bond motifs is 2. The van der Waals surface area contributed by atoms with Gasteiger partial charge < -0.3 is 14.4 Å². The second-order valence-electron chi connectivity index (χ2n) is 9.09. The number of piperazine rings is 1. The predicted octanol–water partition coefficient (Wildman–Crippen LogP) is 5.19. The third-order valence-electron chi connectivity index (χ3n) is 6.72. The van der Waals surface area contributed by atoms with E-state index in [1.807, 2.05) is 54.6 Å². The van der Waals surface area contributed by atoms with Crippen molar-refractivity contribution in [2.45, 2.75) is 12.3 Å². The molecule has 0 spiro atoms. The predicted molar refractivity (Wildman–Crippen MR) is 139 cm³/mol. The Bertz CT molecular complexity index is 1110. The number of para-hydroxylation sites is 2. The largest absolute Gasteiger partial charge is 0.465 e. The molecular weight excluding hydrogens is 436 g/mol. The van der Waals surface area contributed by atoms with Gasteiger partial charge in [0, 0.05) is 50.4 Å². The van der Waals surface area contributed by atoms with Crippen LogP contribution in [0.1, 0.15) is 29.0 Å². The summed E-state index contributed by atoms with van der Waals surface area (Å²) in [7, 11) is 0. The number of hydrogen-bond acceptors (Lipinski definition) is 5. The number of rotatable bonds is 8. The van der Waals surface area contributed by atoms with Gasteiger partial charge in [0.25, 0.3) is 0 Å². The number of nitrogens with zero attached hydrogens (tertiary/aromatic N) is 2. The van der Waals surface area contributed by atoms with E-state index in [-0.39, 0.29) is 5.97 Å². The number of ether oxygens (including phenoxy) is 2. The maximum atomic E-state index is 13.1. The molecule has 5 nitrogen and oxygen atoms in total. The van der Waals surface area contributed by atoms with Crippen LogP contribution in [0.15, 0.2) is 84.9 Å². The minimum Gasteiger partial charge on any atom is -0.465 e. The number of carbonyl (C=O) groups is 1. The summed E-state index contributed by atoms with van der Waals surface area (Å²) in [4.78, 5) is 18.1. The highest BCUT2D eigenvalue weighted by Gasteiger charge is 2.33. The SMILES string of the molecule is O=C(OCCCN1CCN(CC=Cc2ccccc2)CC1)C1c2ccccc2Oc2ccccc21. The minimum absolute atomic E-state index is 0.205. The molecule has 2 aliphatic rings. The van der Waals surface area contributed by atoms with Crippen molar-refractivity contribution in [1.29, 1.82) is 0 Å². The van der Waals surface area contributed by atoms with Crippen LogP contribution in [0.2, 0.25) is 0 Å². The molecule has 0 amide bonds. The minimum atomic E-state index is -0.441. The Kier molecular flexibility index (Phi) is 7.56. The molecule has 0 atom stereocenters. The molecule has 0 saturated carbocycles. The van der Waals surface area contributed by atoms with Gasteiger partial charge in [-0.15, -0.1) is 0 Å². The fraction of sp³-hybridized carbons (Fsp3) is 0.300. The van der Waals surface area contributed by atoms with E-state index in [0.29, 0.717) is 6.61 Å². The summed E-state index contributed by atoms with van der Waals surface area (Å²) in [5.41, 5.74) is 2.98. The van der Waals surface area contributed by atoms with Gasteiger partial charge in [-0.25, -0.2) is 0 Å². The fourth-order valence-corrected chi connectivity index (χ4v) is 4.81. The highest BCUT2D eigenvalue weighted by atomic mass is 16.5. The van der Waals surface area contributed by atoms with E-state index in [1.54, 1.807) is 0 Å². The molecule has 2 aliphatic heterocycles. The average Bonchev–Trinajstić information content (AvgIpc) is 2.91. The maximum Gasteiger partial charge on any atom is 0.318 e. The molecule has 0 aromatic heterocycles. The summed E-state index contributed by atoms with van der Waals surface area (Å²) >= 11 is 0. The van der Waals surface area contributed by atoms with E-state index >= 15 is 0 Å². The van der Waals surface area contributed by atoms with Crippen molar-refractivity contribution >= 4 is 12.0 Å². The number of hydrogen-bond donors (Lipinski definition) is 0. The molecule has 0 N–H and O–H groups in total. The Hall–Kier alpha value is -3.41. The monoisotopic (exact) mass is 468 g/mol. The molecule has 5 rings (SSSR count). The van der Waals surface area contributed by atoms with Crippen LogP contribution in [0, 0.1) is 0 Å². The van der Waals surface area contributed by atoms with Gasteiger partial charge in [0.2, 0.25) is 0 Å².